The van der Waals surface area contributed by atoms with Crippen molar-refractivity contribution < 1.29 is 8.42 Å². The third-order valence-corrected chi connectivity index (χ3v) is 3.71. The van der Waals surface area contributed by atoms with Gasteiger partial charge in [-0.1, -0.05) is 12.1 Å². The molecule has 1 aromatic heterocycles. The second-order valence-corrected chi connectivity index (χ2v) is 5.36. The Balaban J connectivity index is 2.30. The van der Waals surface area contributed by atoms with Gasteiger partial charge in [-0.25, -0.2) is 4.98 Å². The molecule has 0 saturated carbocycles. The van der Waals surface area contributed by atoms with Gasteiger partial charge < -0.3 is 10.3 Å². The zero-order valence-electron chi connectivity index (χ0n) is 9.87. The lowest BCUT2D eigenvalue weighted by Crippen LogP contribution is -2.14. The number of nitrogen functional groups attached to an aromatic ring is 1. The molecule has 0 amide bonds. The van der Waals surface area contributed by atoms with E-state index in [1.165, 1.54) is 12.5 Å². The van der Waals surface area contributed by atoms with Gasteiger partial charge in [0.25, 0.3) is 10.0 Å². The first kappa shape index (κ1) is 12.4. The number of nitrogens with one attached hydrogen (secondary N) is 1. The Kier molecular flexibility index (Phi) is 3.24. The van der Waals surface area contributed by atoms with E-state index >= 15 is 0 Å². The van der Waals surface area contributed by atoms with Gasteiger partial charge in [-0.3, -0.25) is 4.72 Å². The van der Waals surface area contributed by atoms with E-state index < -0.39 is 10.0 Å². The highest BCUT2D eigenvalue weighted by molar-refractivity contribution is 7.92. The summed E-state index contributed by atoms with van der Waals surface area (Å²) in [5.41, 5.74) is 6.41. The summed E-state index contributed by atoms with van der Waals surface area (Å²) in [4.78, 5) is 3.86. The van der Waals surface area contributed by atoms with E-state index in [0.717, 1.165) is 0 Å². The zero-order valence-corrected chi connectivity index (χ0v) is 10.7. The van der Waals surface area contributed by atoms with Crippen LogP contribution in [0.4, 0.5) is 11.4 Å². The molecule has 2 aromatic rings. The summed E-state index contributed by atoms with van der Waals surface area (Å²) in [7, 11) is -3.69. The molecule has 3 N–H and O–H groups in total. The highest BCUT2D eigenvalue weighted by Crippen LogP contribution is 2.20. The molecule has 0 radical (unpaired) electrons. The minimum atomic E-state index is -3.69. The minimum absolute atomic E-state index is 0.0207. The Bertz CT molecular complexity index is 649. The Morgan fingerprint density at radius 1 is 1.39 bits per heavy atom. The van der Waals surface area contributed by atoms with Crippen molar-refractivity contribution in [3.63, 3.8) is 0 Å². The van der Waals surface area contributed by atoms with Crippen molar-refractivity contribution in [3.8, 4) is 0 Å². The van der Waals surface area contributed by atoms with Gasteiger partial charge >= 0.3 is 0 Å². The first-order valence-electron chi connectivity index (χ1n) is 5.42. The fourth-order valence-corrected chi connectivity index (χ4v) is 2.48. The van der Waals surface area contributed by atoms with E-state index in [1.807, 2.05) is 6.92 Å². The van der Waals surface area contributed by atoms with Crippen LogP contribution in [0, 0.1) is 0 Å². The lowest BCUT2D eigenvalue weighted by atomic mass is 10.3. The van der Waals surface area contributed by atoms with Gasteiger partial charge in [0, 0.05) is 12.7 Å². The Morgan fingerprint density at radius 2 is 2.11 bits per heavy atom. The van der Waals surface area contributed by atoms with Gasteiger partial charge in [0.1, 0.15) is 0 Å². The SMILES string of the molecule is CCn1cnc(S(=O)(=O)Nc2ccccc2N)c1. The van der Waals surface area contributed by atoms with Crippen LogP contribution in [-0.4, -0.2) is 18.0 Å². The third-order valence-electron chi connectivity index (χ3n) is 2.46. The van der Waals surface area contributed by atoms with Crippen molar-refractivity contribution in [1.29, 1.82) is 0 Å². The molecule has 0 spiro atoms. The summed E-state index contributed by atoms with van der Waals surface area (Å²) < 4.78 is 28.2. The van der Waals surface area contributed by atoms with Gasteiger partial charge in [0.2, 0.25) is 0 Å². The monoisotopic (exact) mass is 266 g/mol. The Morgan fingerprint density at radius 3 is 2.72 bits per heavy atom. The number of nitrogens with zero attached hydrogens (tertiary/aromatic N) is 2. The highest BCUT2D eigenvalue weighted by atomic mass is 32.2. The van der Waals surface area contributed by atoms with E-state index in [-0.39, 0.29) is 5.03 Å². The number of aryl methyl sites for hydroxylation is 1. The molecule has 0 fully saturated rings. The Hall–Kier alpha value is -2.02. The van der Waals surface area contributed by atoms with Crippen LogP contribution in [0.1, 0.15) is 6.92 Å². The number of nitrogens with two attached hydrogens (primary N) is 1. The predicted octanol–water partition coefficient (Wildman–Crippen LogP) is 1.29. The van der Waals surface area contributed by atoms with Crippen LogP contribution in [0.15, 0.2) is 41.8 Å². The van der Waals surface area contributed by atoms with Crippen LogP contribution in [-0.2, 0) is 16.6 Å². The van der Waals surface area contributed by atoms with Crippen LogP contribution in [0.5, 0.6) is 0 Å². The highest BCUT2D eigenvalue weighted by Gasteiger charge is 2.18. The quantitative estimate of drug-likeness (QED) is 0.816. The van der Waals surface area contributed by atoms with E-state index in [4.69, 9.17) is 5.73 Å². The molecule has 2 rings (SSSR count). The second kappa shape index (κ2) is 4.69. The van der Waals surface area contributed by atoms with Gasteiger partial charge in [0.05, 0.1) is 17.7 Å². The molecule has 6 nitrogen and oxygen atoms in total. The smallest absolute Gasteiger partial charge is 0.281 e. The molecular formula is C11H14N4O2S. The van der Waals surface area contributed by atoms with Crippen molar-refractivity contribution in [2.45, 2.75) is 18.5 Å². The topological polar surface area (TPSA) is 90.0 Å². The van der Waals surface area contributed by atoms with Gasteiger partial charge in [-0.05, 0) is 19.1 Å². The van der Waals surface area contributed by atoms with Crippen molar-refractivity contribution in [1.82, 2.24) is 9.55 Å². The maximum absolute atomic E-state index is 12.0. The summed E-state index contributed by atoms with van der Waals surface area (Å²) in [5, 5.41) is -0.0207. The predicted molar refractivity (Wildman–Crippen MR) is 69.6 cm³/mol. The molecule has 1 heterocycles. The molecule has 96 valence electrons. The number of hydrogen-bond acceptors (Lipinski definition) is 4. The van der Waals surface area contributed by atoms with Crippen molar-refractivity contribution >= 4 is 21.4 Å². The van der Waals surface area contributed by atoms with Gasteiger partial charge in [-0.2, -0.15) is 8.42 Å². The summed E-state index contributed by atoms with van der Waals surface area (Å²) in [6.07, 6.45) is 2.95. The maximum Gasteiger partial charge on any atom is 0.281 e. The summed E-state index contributed by atoms with van der Waals surface area (Å²) in [6, 6.07) is 6.67. The molecule has 0 aliphatic rings. The largest absolute Gasteiger partial charge is 0.397 e. The van der Waals surface area contributed by atoms with Crippen molar-refractivity contribution in [2.75, 3.05) is 10.5 Å². The zero-order chi connectivity index (χ0) is 13.2. The van der Waals surface area contributed by atoms with Crippen LogP contribution >= 0.6 is 0 Å². The van der Waals surface area contributed by atoms with Crippen LogP contribution in [0.2, 0.25) is 0 Å². The normalized spacial score (nSPS) is 11.4. The fourth-order valence-electron chi connectivity index (χ4n) is 1.44. The standard InChI is InChI=1S/C11H14N4O2S/c1-2-15-7-11(13-8-15)18(16,17)14-10-6-4-3-5-9(10)12/h3-8,14H,2,12H2,1H3. The summed E-state index contributed by atoms with van der Waals surface area (Å²) in [6.45, 7) is 2.57. The molecule has 1 aromatic carbocycles. The van der Waals surface area contributed by atoms with Crippen LogP contribution in [0.3, 0.4) is 0 Å². The number of sulfonamides is 1. The van der Waals surface area contributed by atoms with Crippen molar-refractivity contribution in [3.05, 3.63) is 36.8 Å². The lowest BCUT2D eigenvalue weighted by Gasteiger charge is -2.07. The van der Waals surface area contributed by atoms with Gasteiger partial charge in [-0.15, -0.1) is 0 Å². The van der Waals surface area contributed by atoms with E-state index in [2.05, 4.69) is 9.71 Å². The number of anilines is 2. The second-order valence-electron chi connectivity index (χ2n) is 3.74. The number of imidazole rings is 1. The lowest BCUT2D eigenvalue weighted by molar-refractivity contribution is 0.598. The molecule has 0 saturated heterocycles. The molecule has 0 unspecified atom stereocenters. The van der Waals surface area contributed by atoms with E-state index in [1.54, 1.807) is 28.8 Å². The molecule has 0 aliphatic carbocycles. The summed E-state index contributed by atoms with van der Waals surface area (Å²) >= 11 is 0. The average Bonchev–Trinajstić information content (AvgIpc) is 2.81. The number of benzene rings is 1. The molecule has 0 atom stereocenters. The number of rotatable bonds is 4. The average molecular weight is 266 g/mol. The molecule has 0 aliphatic heterocycles. The van der Waals surface area contributed by atoms with Crippen LogP contribution < -0.4 is 10.5 Å². The fraction of sp³-hybridized carbons (Fsp3) is 0.182. The van der Waals surface area contributed by atoms with Gasteiger partial charge in [0.15, 0.2) is 5.03 Å². The molecule has 0 bridgehead atoms. The first-order chi connectivity index (χ1) is 8.53. The van der Waals surface area contributed by atoms with Crippen molar-refractivity contribution in [2.24, 2.45) is 0 Å². The molecule has 7 heteroatoms. The first-order valence-corrected chi connectivity index (χ1v) is 6.90. The van der Waals surface area contributed by atoms with E-state index in [0.29, 0.717) is 17.9 Å². The number of para-hydroxylation sites is 2. The molecule has 18 heavy (non-hydrogen) atoms. The Labute approximate surface area is 106 Å². The maximum atomic E-state index is 12.0. The molecular weight excluding hydrogens is 252 g/mol. The summed E-state index contributed by atoms with van der Waals surface area (Å²) in [5.74, 6) is 0. The number of hydrogen-bond donors (Lipinski definition) is 2. The van der Waals surface area contributed by atoms with E-state index in [9.17, 15) is 8.42 Å². The third kappa shape index (κ3) is 2.45. The number of aromatic nitrogens is 2. The minimum Gasteiger partial charge on any atom is -0.397 e. The van der Waals surface area contributed by atoms with Crippen LogP contribution in [0.25, 0.3) is 0 Å².